The molecule has 5 rings (SSSR count). The zero-order valence-corrected chi connectivity index (χ0v) is 18.8. The molecule has 0 saturated carbocycles. The summed E-state index contributed by atoms with van der Waals surface area (Å²) >= 11 is 0. The molecule has 1 aromatic heterocycles. The molecule has 0 radical (unpaired) electrons. The largest absolute Gasteiger partial charge is 0.381 e. The Balaban J connectivity index is 1.38. The number of hydrogen-bond donors (Lipinski definition) is 1. The average molecular weight is 442 g/mol. The van der Waals surface area contributed by atoms with Gasteiger partial charge in [-0.05, 0) is 61.6 Å². The van der Waals surface area contributed by atoms with Gasteiger partial charge >= 0.3 is 0 Å². The number of nitrogens with zero attached hydrogens (tertiary/aromatic N) is 4. The molecule has 1 saturated heterocycles. The van der Waals surface area contributed by atoms with E-state index in [9.17, 15) is 4.79 Å². The van der Waals surface area contributed by atoms with Gasteiger partial charge in [0.15, 0.2) is 5.69 Å². The van der Waals surface area contributed by atoms with Crippen molar-refractivity contribution in [2.45, 2.75) is 38.8 Å². The van der Waals surface area contributed by atoms with E-state index >= 15 is 0 Å². The first-order chi connectivity index (χ1) is 16.1. The standard InChI is InChI=1S/C26H27N5O2/c1-3-19-6-4-8-21(16-19)27-26(32)25-18(2)31(29-28-25)24-9-5-7-20-17-30(13-10-23(20)24)22-11-14-33-15-12-22/h1,4-9,16,22H,10-15,17H2,2H3,(H,27,32). The lowest BCUT2D eigenvalue weighted by Gasteiger charge is -2.38. The van der Waals surface area contributed by atoms with Gasteiger partial charge in [-0.25, -0.2) is 4.68 Å². The second-order valence-electron chi connectivity index (χ2n) is 8.59. The molecule has 7 nitrogen and oxygen atoms in total. The van der Waals surface area contributed by atoms with E-state index in [2.05, 4.69) is 44.6 Å². The van der Waals surface area contributed by atoms with Crippen molar-refractivity contribution in [3.8, 4) is 18.0 Å². The van der Waals surface area contributed by atoms with Gasteiger partial charge in [-0.15, -0.1) is 11.5 Å². The van der Waals surface area contributed by atoms with Gasteiger partial charge in [0, 0.05) is 43.6 Å². The number of fused-ring (bicyclic) bond motifs is 1. The Labute approximate surface area is 193 Å². The van der Waals surface area contributed by atoms with Gasteiger partial charge in [0.05, 0.1) is 11.4 Å². The van der Waals surface area contributed by atoms with Crippen LogP contribution in [0.15, 0.2) is 42.5 Å². The molecule has 33 heavy (non-hydrogen) atoms. The summed E-state index contributed by atoms with van der Waals surface area (Å²) in [5, 5.41) is 11.4. The number of nitrogens with one attached hydrogen (secondary N) is 1. The Bertz CT molecular complexity index is 1220. The van der Waals surface area contributed by atoms with Gasteiger partial charge in [0.2, 0.25) is 0 Å². The molecule has 7 heteroatoms. The number of carbonyl (C=O) groups is 1. The number of anilines is 1. The number of benzene rings is 2. The molecular formula is C26H27N5O2. The third-order valence-electron chi connectivity index (χ3n) is 6.60. The summed E-state index contributed by atoms with van der Waals surface area (Å²) in [5.74, 6) is 2.27. The van der Waals surface area contributed by atoms with E-state index in [0.29, 0.717) is 28.7 Å². The van der Waals surface area contributed by atoms with E-state index in [1.807, 2.05) is 19.1 Å². The van der Waals surface area contributed by atoms with Crippen LogP contribution < -0.4 is 5.32 Å². The summed E-state index contributed by atoms with van der Waals surface area (Å²) in [6.45, 7) is 5.53. The Kier molecular flexibility index (Phi) is 5.95. The first kappa shape index (κ1) is 21.4. The van der Waals surface area contributed by atoms with E-state index in [-0.39, 0.29) is 5.91 Å². The molecule has 0 atom stereocenters. The van der Waals surface area contributed by atoms with Crippen LogP contribution in [-0.4, -0.2) is 51.6 Å². The van der Waals surface area contributed by atoms with Gasteiger partial charge in [-0.2, -0.15) is 0 Å². The van der Waals surface area contributed by atoms with Crippen LogP contribution in [0.5, 0.6) is 0 Å². The highest BCUT2D eigenvalue weighted by molar-refractivity contribution is 6.03. The maximum absolute atomic E-state index is 12.9. The van der Waals surface area contributed by atoms with Crippen molar-refractivity contribution in [1.82, 2.24) is 19.9 Å². The van der Waals surface area contributed by atoms with Crippen molar-refractivity contribution in [3.05, 3.63) is 70.5 Å². The molecule has 2 aliphatic heterocycles. The van der Waals surface area contributed by atoms with Crippen molar-refractivity contribution in [2.24, 2.45) is 0 Å². The molecule has 0 bridgehead atoms. The molecule has 2 aromatic carbocycles. The molecule has 1 fully saturated rings. The Morgan fingerprint density at radius 2 is 2.03 bits per heavy atom. The first-order valence-electron chi connectivity index (χ1n) is 11.4. The van der Waals surface area contributed by atoms with Crippen LogP contribution in [0.3, 0.4) is 0 Å². The second-order valence-corrected chi connectivity index (χ2v) is 8.59. The smallest absolute Gasteiger partial charge is 0.278 e. The van der Waals surface area contributed by atoms with E-state index in [1.54, 1.807) is 16.8 Å². The van der Waals surface area contributed by atoms with E-state index < -0.39 is 0 Å². The lowest BCUT2D eigenvalue weighted by molar-refractivity contribution is 0.0290. The SMILES string of the molecule is C#Cc1cccc(NC(=O)c2nnn(-c3cccc4c3CCN(C3CCOCC3)C4)c2C)c1. The van der Waals surface area contributed by atoms with Crippen molar-refractivity contribution >= 4 is 11.6 Å². The highest BCUT2D eigenvalue weighted by atomic mass is 16.5. The number of rotatable bonds is 4. The number of ether oxygens (including phenoxy) is 1. The fraction of sp³-hybridized carbons (Fsp3) is 0.346. The summed E-state index contributed by atoms with van der Waals surface area (Å²) in [7, 11) is 0. The summed E-state index contributed by atoms with van der Waals surface area (Å²) in [5.41, 5.74) is 5.95. The van der Waals surface area contributed by atoms with Crippen LogP contribution in [0.2, 0.25) is 0 Å². The second kappa shape index (κ2) is 9.18. The lowest BCUT2D eigenvalue weighted by Crippen LogP contribution is -2.42. The molecule has 2 aliphatic rings. The topological polar surface area (TPSA) is 72.3 Å². The zero-order valence-electron chi connectivity index (χ0n) is 18.8. The highest BCUT2D eigenvalue weighted by Gasteiger charge is 2.27. The maximum Gasteiger partial charge on any atom is 0.278 e. The number of amides is 1. The molecule has 0 unspecified atom stereocenters. The number of hydrogen-bond acceptors (Lipinski definition) is 5. The average Bonchev–Trinajstić information content (AvgIpc) is 3.25. The van der Waals surface area contributed by atoms with Gasteiger partial charge < -0.3 is 10.1 Å². The first-order valence-corrected chi connectivity index (χ1v) is 11.4. The minimum atomic E-state index is -0.302. The highest BCUT2D eigenvalue weighted by Crippen LogP contribution is 2.29. The Morgan fingerprint density at radius 3 is 2.85 bits per heavy atom. The van der Waals surface area contributed by atoms with Crippen LogP contribution in [0.25, 0.3) is 5.69 Å². The van der Waals surface area contributed by atoms with Crippen molar-refractivity contribution in [2.75, 3.05) is 25.1 Å². The van der Waals surface area contributed by atoms with Gasteiger partial charge in [-0.3, -0.25) is 9.69 Å². The quantitative estimate of drug-likeness (QED) is 0.629. The van der Waals surface area contributed by atoms with Crippen molar-refractivity contribution in [3.63, 3.8) is 0 Å². The summed E-state index contributed by atoms with van der Waals surface area (Å²) in [6.07, 6.45) is 8.60. The fourth-order valence-electron chi connectivity index (χ4n) is 4.82. The van der Waals surface area contributed by atoms with Crippen LogP contribution in [0.4, 0.5) is 5.69 Å². The minimum absolute atomic E-state index is 0.302. The predicted octanol–water partition coefficient (Wildman–Crippen LogP) is 3.35. The third-order valence-corrected chi connectivity index (χ3v) is 6.60. The van der Waals surface area contributed by atoms with Crippen LogP contribution >= 0.6 is 0 Å². The molecular weight excluding hydrogens is 414 g/mol. The Hall–Kier alpha value is -3.47. The zero-order chi connectivity index (χ0) is 22.8. The fourth-order valence-corrected chi connectivity index (χ4v) is 4.82. The predicted molar refractivity (Wildman–Crippen MR) is 126 cm³/mol. The molecule has 1 amide bonds. The third kappa shape index (κ3) is 4.28. The van der Waals surface area contributed by atoms with E-state index in [1.165, 1.54) is 11.1 Å². The number of carbonyl (C=O) groups excluding carboxylic acids is 1. The molecule has 0 spiro atoms. The molecule has 168 valence electrons. The van der Waals surface area contributed by atoms with E-state index in [4.69, 9.17) is 11.2 Å². The van der Waals surface area contributed by atoms with Gasteiger partial charge in [-0.1, -0.05) is 29.3 Å². The molecule has 3 heterocycles. The number of aromatic nitrogens is 3. The molecule has 3 aromatic rings. The number of terminal acetylenes is 1. The monoisotopic (exact) mass is 441 g/mol. The van der Waals surface area contributed by atoms with Crippen LogP contribution in [-0.2, 0) is 17.7 Å². The lowest BCUT2D eigenvalue weighted by atomic mass is 9.95. The molecule has 0 aliphatic carbocycles. The molecule has 1 N–H and O–H groups in total. The summed E-state index contributed by atoms with van der Waals surface area (Å²) in [4.78, 5) is 15.5. The van der Waals surface area contributed by atoms with E-state index in [0.717, 1.165) is 51.3 Å². The van der Waals surface area contributed by atoms with Crippen molar-refractivity contribution in [1.29, 1.82) is 0 Å². The Morgan fingerprint density at radius 1 is 1.21 bits per heavy atom. The van der Waals surface area contributed by atoms with Crippen LogP contribution in [0, 0.1) is 19.3 Å². The minimum Gasteiger partial charge on any atom is -0.381 e. The summed E-state index contributed by atoms with van der Waals surface area (Å²) < 4.78 is 7.32. The maximum atomic E-state index is 12.9. The summed E-state index contributed by atoms with van der Waals surface area (Å²) in [6, 6.07) is 14.1. The van der Waals surface area contributed by atoms with Crippen LogP contribution in [0.1, 0.15) is 45.7 Å². The normalized spacial score (nSPS) is 16.7. The van der Waals surface area contributed by atoms with Gasteiger partial charge in [0.25, 0.3) is 5.91 Å². The van der Waals surface area contributed by atoms with Crippen molar-refractivity contribution < 1.29 is 9.53 Å². The van der Waals surface area contributed by atoms with Gasteiger partial charge in [0.1, 0.15) is 0 Å².